The van der Waals surface area contributed by atoms with E-state index in [1.165, 1.54) is 11.8 Å². The molecular formula is C18H25N3O3S. The molecule has 0 saturated heterocycles. The standard InChI is InChI=1S/C18H25N3O3S/c1-6-21-15(12-24-14-11-9-8-10-13(14)3)19-20-17(21)25-18(4,5)16(22)23-7-2/h8-11H,6-7,12H2,1-5H3. The lowest BCUT2D eigenvalue weighted by atomic mass is 10.2. The number of hydrogen-bond acceptors (Lipinski definition) is 6. The van der Waals surface area contributed by atoms with Gasteiger partial charge in [0.05, 0.1) is 6.61 Å². The first-order valence-electron chi connectivity index (χ1n) is 8.35. The van der Waals surface area contributed by atoms with Crippen LogP contribution in [0.15, 0.2) is 29.4 Å². The van der Waals surface area contributed by atoms with E-state index in [0.717, 1.165) is 17.1 Å². The lowest BCUT2D eigenvalue weighted by Crippen LogP contribution is -2.30. The molecule has 0 amide bonds. The quantitative estimate of drug-likeness (QED) is 0.527. The zero-order chi connectivity index (χ0) is 18.4. The number of benzene rings is 1. The zero-order valence-electron chi connectivity index (χ0n) is 15.4. The van der Waals surface area contributed by atoms with Crippen LogP contribution in [0.4, 0.5) is 0 Å². The maximum absolute atomic E-state index is 12.1. The van der Waals surface area contributed by atoms with Gasteiger partial charge in [0.2, 0.25) is 0 Å². The topological polar surface area (TPSA) is 66.2 Å². The number of carbonyl (C=O) groups is 1. The second-order valence-electron chi connectivity index (χ2n) is 6.03. The Morgan fingerprint density at radius 3 is 2.60 bits per heavy atom. The van der Waals surface area contributed by atoms with Crippen molar-refractivity contribution in [3.8, 4) is 5.75 Å². The summed E-state index contributed by atoms with van der Waals surface area (Å²) in [5.41, 5.74) is 1.07. The highest BCUT2D eigenvalue weighted by Crippen LogP contribution is 2.33. The third kappa shape index (κ3) is 4.75. The molecule has 2 rings (SSSR count). The molecule has 0 bridgehead atoms. The average molecular weight is 363 g/mol. The molecule has 0 aliphatic rings. The highest BCUT2D eigenvalue weighted by atomic mass is 32.2. The molecule has 0 spiro atoms. The number of carbonyl (C=O) groups excluding carboxylic acids is 1. The van der Waals surface area contributed by atoms with Gasteiger partial charge in [-0.25, -0.2) is 0 Å². The molecule has 6 nitrogen and oxygen atoms in total. The second kappa shape index (κ2) is 8.38. The van der Waals surface area contributed by atoms with Crippen molar-refractivity contribution in [3.05, 3.63) is 35.7 Å². The van der Waals surface area contributed by atoms with Crippen molar-refractivity contribution >= 4 is 17.7 Å². The molecule has 0 N–H and O–H groups in total. The Bertz CT molecular complexity index is 728. The van der Waals surface area contributed by atoms with Crippen LogP contribution in [0.1, 0.15) is 39.1 Å². The molecule has 0 saturated carbocycles. The molecular weight excluding hydrogens is 338 g/mol. The van der Waals surface area contributed by atoms with E-state index < -0.39 is 4.75 Å². The fourth-order valence-electron chi connectivity index (χ4n) is 2.25. The van der Waals surface area contributed by atoms with Gasteiger partial charge in [-0.05, 0) is 46.2 Å². The number of nitrogens with zero attached hydrogens (tertiary/aromatic N) is 3. The van der Waals surface area contributed by atoms with Crippen LogP contribution in [0.25, 0.3) is 0 Å². The highest BCUT2D eigenvalue weighted by Gasteiger charge is 2.33. The summed E-state index contributed by atoms with van der Waals surface area (Å²) in [5.74, 6) is 1.30. The number of aromatic nitrogens is 3. The summed E-state index contributed by atoms with van der Waals surface area (Å²) < 4.78 is 12.2. The largest absolute Gasteiger partial charge is 0.485 e. The first kappa shape index (κ1) is 19.3. The van der Waals surface area contributed by atoms with Crippen LogP contribution in [0.2, 0.25) is 0 Å². The van der Waals surface area contributed by atoms with E-state index in [0.29, 0.717) is 24.9 Å². The van der Waals surface area contributed by atoms with Crippen LogP contribution >= 0.6 is 11.8 Å². The molecule has 1 heterocycles. The van der Waals surface area contributed by atoms with E-state index in [4.69, 9.17) is 9.47 Å². The zero-order valence-corrected chi connectivity index (χ0v) is 16.2. The monoisotopic (exact) mass is 363 g/mol. The SMILES string of the molecule is CCOC(=O)C(C)(C)Sc1nnc(COc2ccccc2C)n1CC. The fraction of sp³-hybridized carbons (Fsp3) is 0.500. The van der Waals surface area contributed by atoms with Crippen molar-refractivity contribution in [2.24, 2.45) is 0 Å². The van der Waals surface area contributed by atoms with Crippen molar-refractivity contribution in [3.63, 3.8) is 0 Å². The predicted molar refractivity (Wildman–Crippen MR) is 97.8 cm³/mol. The number of esters is 1. The third-order valence-corrected chi connectivity index (χ3v) is 4.84. The highest BCUT2D eigenvalue weighted by molar-refractivity contribution is 8.01. The minimum absolute atomic E-state index is 0.261. The minimum atomic E-state index is -0.732. The summed E-state index contributed by atoms with van der Waals surface area (Å²) in [7, 11) is 0. The van der Waals surface area contributed by atoms with Crippen LogP contribution in [0.3, 0.4) is 0 Å². The van der Waals surface area contributed by atoms with E-state index in [2.05, 4.69) is 10.2 Å². The Morgan fingerprint density at radius 2 is 1.96 bits per heavy atom. The Hall–Kier alpha value is -2.02. The van der Waals surface area contributed by atoms with E-state index in [9.17, 15) is 4.79 Å². The molecule has 25 heavy (non-hydrogen) atoms. The average Bonchev–Trinajstić information content (AvgIpc) is 2.95. The summed E-state index contributed by atoms with van der Waals surface area (Å²) in [4.78, 5) is 12.1. The molecule has 2 aromatic rings. The lowest BCUT2D eigenvalue weighted by molar-refractivity contribution is -0.145. The van der Waals surface area contributed by atoms with Gasteiger partial charge >= 0.3 is 5.97 Å². The van der Waals surface area contributed by atoms with Gasteiger partial charge in [-0.3, -0.25) is 4.79 Å². The van der Waals surface area contributed by atoms with Crippen molar-refractivity contribution in [2.45, 2.75) is 57.7 Å². The number of rotatable bonds is 8. The first-order valence-corrected chi connectivity index (χ1v) is 9.17. The van der Waals surface area contributed by atoms with Gasteiger partial charge in [-0.15, -0.1) is 10.2 Å². The van der Waals surface area contributed by atoms with Crippen LogP contribution in [-0.2, 0) is 22.7 Å². The maximum Gasteiger partial charge on any atom is 0.322 e. The van der Waals surface area contributed by atoms with Crippen molar-refractivity contribution in [2.75, 3.05) is 6.61 Å². The molecule has 1 aromatic carbocycles. The van der Waals surface area contributed by atoms with Crippen molar-refractivity contribution in [1.82, 2.24) is 14.8 Å². The number of hydrogen-bond donors (Lipinski definition) is 0. The normalized spacial score (nSPS) is 11.4. The van der Waals surface area contributed by atoms with Crippen molar-refractivity contribution in [1.29, 1.82) is 0 Å². The summed E-state index contributed by atoms with van der Waals surface area (Å²) >= 11 is 1.35. The van der Waals surface area contributed by atoms with Gasteiger partial charge in [0.1, 0.15) is 17.1 Å². The lowest BCUT2D eigenvalue weighted by Gasteiger charge is -2.21. The Morgan fingerprint density at radius 1 is 1.24 bits per heavy atom. The van der Waals surface area contributed by atoms with Gasteiger partial charge in [-0.2, -0.15) is 0 Å². The van der Waals surface area contributed by atoms with Crippen LogP contribution in [0, 0.1) is 6.92 Å². The van der Waals surface area contributed by atoms with Crippen LogP contribution in [0.5, 0.6) is 5.75 Å². The van der Waals surface area contributed by atoms with Gasteiger partial charge in [0.15, 0.2) is 11.0 Å². The van der Waals surface area contributed by atoms with Crippen LogP contribution in [-0.4, -0.2) is 32.1 Å². The molecule has 136 valence electrons. The van der Waals surface area contributed by atoms with Crippen LogP contribution < -0.4 is 4.74 Å². The summed E-state index contributed by atoms with van der Waals surface area (Å²) in [6.45, 7) is 10.9. The third-order valence-electron chi connectivity index (χ3n) is 3.67. The minimum Gasteiger partial charge on any atom is -0.485 e. The molecule has 0 aliphatic carbocycles. The number of aryl methyl sites for hydroxylation is 1. The Balaban J connectivity index is 2.12. The van der Waals surface area contributed by atoms with E-state index in [-0.39, 0.29) is 5.97 Å². The molecule has 0 aliphatic heterocycles. The van der Waals surface area contributed by atoms with Gasteiger partial charge in [0.25, 0.3) is 0 Å². The van der Waals surface area contributed by atoms with Gasteiger partial charge < -0.3 is 14.0 Å². The van der Waals surface area contributed by atoms with Gasteiger partial charge in [-0.1, -0.05) is 30.0 Å². The molecule has 7 heteroatoms. The maximum atomic E-state index is 12.1. The molecule has 0 fully saturated rings. The predicted octanol–water partition coefficient (Wildman–Crippen LogP) is 3.62. The van der Waals surface area contributed by atoms with Crippen molar-refractivity contribution < 1.29 is 14.3 Å². The second-order valence-corrected chi connectivity index (χ2v) is 7.62. The molecule has 0 atom stereocenters. The van der Waals surface area contributed by atoms with E-state index in [1.807, 2.05) is 56.5 Å². The van der Waals surface area contributed by atoms with E-state index >= 15 is 0 Å². The number of para-hydroxylation sites is 1. The summed E-state index contributed by atoms with van der Waals surface area (Å²) in [6.07, 6.45) is 0. The van der Waals surface area contributed by atoms with E-state index in [1.54, 1.807) is 6.92 Å². The fourth-order valence-corrected chi connectivity index (χ4v) is 3.28. The summed E-state index contributed by atoms with van der Waals surface area (Å²) in [6, 6.07) is 7.85. The smallest absolute Gasteiger partial charge is 0.322 e. The first-order chi connectivity index (χ1) is 11.9. The Kier molecular flexibility index (Phi) is 6.47. The Labute approximate surface area is 152 Å². The molecule has 0 radical (unpaired) electrons. The summed E-state index contributed by atoms with van der Waals surface area (Å²) in [5, 5.41) is 9.16. The number of ether oxygens (including phenoxy) is 2. The number of thioether (sulfide) groups is 1. The van der Waals surface area contributed by atoms with Gasteiger partial charge in [0, 0.05) is 6.54 Å². The molecule has 0 unspecified atom stereocenters. The molecule has 1 aromatic heterocycles.